The number of nitrogens with two attached hydrogens (primary N) is 2. The second-order valence-corrected chi connectivity index (χ2v) is 1.23. The van der Waals surface area contributed by atoms with Gasteiger partial charge in [-0.1, -0.05) is 0 Å². The topological polar surface area (TPSA) is 134 Å². The molecule has 0 unspecified atom stereocenters. The summed E-state index contributed by atoms with van der Waals surface area (Å²) in [6.45, 7) is 0. The lowest BCUT2D eigenvalue weighted by molar-refractivity contribution is 0.230. The van der Waals surface area contributed by atoms with Crippen molar-refractivity contribution in [2.75, 3.05) is 0 Å². The molecule has 8 heteroatoms. The van der Waals surface area contributed by atoms with Gasteiger partial charge in [0.2, 0.25) is 0 Å². The van der Waals surface area contributed by atoms with Crippen LogP contribution in [0.4, 0.5) is 9.59 Å². The second kappa shape index (κ2) is 4.35. The van der Waals surface area contributed by atoms with Crippen LogP contribution in [0.2, 0.25) is 0 Å². The Morgan fingerprint density at radius 1 is 0.900 bits per heavy atom. The van der Waals surface area contributed by atoms with E-state index in [-0.39, 0.29) is 0 Å². The normalized spacial score (nSPS) is 8.40. The molecule has 0 spiro atoms. The number of amides is 4. The number of urea groups is 2. The Hall–Kier alpha value is -1.54. The van der Waals surface area contributed by atoms with E-state index in [0.717, 1.165) is 0 Å². The highest BCUT2D eigenvalue weighted by atomic mass is 16.2. The first-order valence-electron chi connectivity index (χ1n) is 2.24. The summed E-state index contributed by atoms with van der Waals surface area (Å²) in [5.74, 6) is 0. The van der Waals surface area contributed by atoms with Gasteiger partial charge in [-0.3, -0.25) is 10.9 Å². The summed E-state index contributed by atoms with van der Waals surface area (Å²) in [6, 6.07) is -1.59. The van der Waals surface area contributed by atoms with Crippen molar-refractivity contribution in [3.63, 3.8) is 0 Å². The number of carbonyl (C=O) groups excluding carboxylic acids is 2. The molecule has 0 aliphatic carbocycles. The molecule has 0 aromatic carbocycles. The Labute approximate surface area is 56.2 Å². The monoisotopic (exact) mass is 148 g/mol. The molecule has 0 aromatic rings. The smallest absolute Gasteiger partial charge is 0.327 e. The van der Waals surface area contributed by atoms with Crippen LogP contribution in [0.1, 0.15) is 0 Å². The minimum atomic E-state index is -0.793. The van der Waals surface area contributed by atoms with Crippen molar-refractivity contribution >= 4 is 12.1 Å². The maximum atomic E-state index is 9.91. The lowest BCUT2D eigenvalue weighted by Crippen LogP contribution is -2.56. The van der Waals surface area contributed by atoms with Gasteiger partial charge in [0.1, 0.15) is 0 Å². The van der Waals surface area contributed by atoms with Crippen LogP contribution in [0.5, 0.6) is 0 Å². The van der Waals surface area contributed by atoms with Crippen LogP contribution in [0.15, 0.2) is 0 Å². The number of nitrogens with one attached hydrogen (secondary N) is 4. The first-order valence-corrected chi connectivity index (χ1v) is 2.24. The van der Waals surface area contributed by atoms with Gasteiger partial charge >= 0.3 is 12.1 Å². The van der Waals surface area contributed by atoms with Crippen molar-refractivity contribution in [1.29, 1.82) is 0 Å². The van der Waals surface area contributed by atoms with Crippen LogP contribution in [0.25, 0.3) is 0 Å². The zero-order valence-corrected chi connectivity index (χ0v) is 4.97. The molecule has 0 rings (SSSR count). The Kier molecular flexibility index (Phi) is 3.68. The predicted octanol–water partition coefficient (Wildman–Crippen LogP) is -2.75. The standard InChI is InChI=1S/C2H8N6O2/c3-1(9)5-7-8-6-2(4)10/h7-8H,(H3,3,5,9)(H3,4,6,10). The number of rotatable bonds is 3. The molecular formula is C2H8N6O2. The van der Waals surface area contributed by atoms with Gasteiger partial charge < -0.3 is 11.5 Å². The lowest BCUT2D eigenvalue weighted by Gasteiger charge is -2.04. The van der Waals surface area contributed by atoms with E-state index in [1.165, 1.54) is 0 Å². The largest absolute Gasteiger partial charge is 0.351 e. The quantitative estimate of drug-likeness (QED) is 0.191. The number of primary amides is 2. The van der Waals surface area contributed by atoms with Crippen LogP contribution in [0.3, 0.4) is 0 Å². The molecule has 10 heavy (non-hydrogen) atoms. The summed E-state index contributed by atoms with van der Waals surface area (Å²) in [7, 11) is 0. The minimum Gasteiger partial charge on any atom is -0.351 e. The van der Waals surface area contributed by atoms with Crippen LogP contribution in [0, 0.1) is 0 Å². The number of hydrogen-bond acceptors (Lipinski definition) is 4. The van der Waals surface area contributed by atoms with Gasteiger partial charge in [0.15, 0.2) is 0 Å². The van der Waals surface area contributed by atoms with Gasteiger partial charge in [-0.05, 0) is 0 Å². The molecule has 0 aliphatic heterocycles. The fourth-order valence-electron chi connectivity index (χ4n) is 0.186. The molecule has 0 atom stereocenters. The van der Waals surface area contributed by atoms with Gasteiger partial charge in [-0.2, -0.15) is 11.1 Å². The molecule has 58 valence electrons. The fourth-order valence-corrected chi connectivity index (χ4v) is 0.186. The molecule has 4 amide bonds. The van der Waals surface area contributed by atoms with E-state index in [0.29, 0.717) is 0 Å². The summed E-state index contributed by atoms with van der Waals surface area (Å²) in [6.07, 6.45) is 0. The number of hydrazine groups is 3. The van der Waals surface area contributed by atoms with Gasteiger partial charge in [0.05, 0.1) is 0 Å². The van der Waals surface area contributed by atoms with Gasteiger partial charge in [0, 0.05) is 0 Å². The van der Waals surface area contributed by atoms with Gasteiger partial charge in [-0.15, -0.1) is 0 Å². The van der Waals surface area contributed by atoms with E-state index in [2.05, 4.69) is 11.5 Å². The average molecular weight is 148 g/mol. The fraction of sp³-hybridized carbons (Fsp3) is 0. The van der Waals surface area contributed by atoms with Crippen LogP contribution >= 0.6 is 0 Å². The third kappa shape index (κ3) is 6.46. The number of hydrogen-bond donors (Lipinski definition) is 6. The molecule has 0 aliphatic rings. The zero-order chi connectivity index (χ0) is 7.98. The molecule has 8 N–H and O–H groups in total. The summed E-state index contributed by atoms with van der Waals surface area (Å²) < 4.78 is 0. The van der Waals surface area contributed by atoms with Crippen LogP contribution < -0.4 is 33.4 Å². The van der Waals surface area contributed by atoms with E-state index in [1.54, 1.807) is 0 Å². The van der Waals surface area contributed by atoms with E-state index in [4.69, 9.17) is 0 Å². The summed E-state index contributed by atoms with van der Waals surface area (Å²) in [5.41, 5.74) is 17.1. The molecule has 0 radical (unpaired) electrons. The minimum absolute atomic E-state index is 0.793. The maximum Gasteiger partial charge on any atom is 0.327 e. The van der Waals surface area contributed by atoms with Crippen LogP contribution in [-0.4, -0.2) is 12.1 Å². The molecule has 8 nitrogen and oxygen atoms in total. The third-order valence-corrected chi connectivity index (χ3v) is 0.434. The molecular weight excluding hydrogens is 140 g/mol. The highest BCUT2D eigenvalue weighted by Gasteiger charge is 1.88. The molecule has 0 saturated carbocycles. The van der Waals surface area contributed by atoms with E-state index in [9.17, 15) is 9.59 Å². The molecule has 0 bridgehead atoms. The van der Waals surface area contributed by atoms with Crippen molar-refractivity contribution in [3.8, 4) is 0 Å². The average Bonchev–Trinajstić information content (AvgIpc) is 1.79. The molecule has 0 fully saturated rings. The first kappa shape index (κ1) is 8.46. The van der Waals surface area contributed by atoms with Gasteiger partial charge in [0.25, 0.3) is 0 Å². The van der Waals surface area contributed by atoms with E-state index < -0.39 is 12.1 Å². The lowest BCUT2D eigenvalue weighted by atomic mass is 11.1. The number of carbonyl (C=O) groups is 2. The van der Waals surface area contributed by atoms with E-state index in [1.807, 2.05) is 21.9 Å². The summed E-state index contributed by atoms with van der Waals surface area (Å²) >= 11 is 0. The second-order valence-electron chi connectivity index (χ2n) is 1.23. The van der Waals surface area contributed by atoms with Crippen LogP contribution in [-0.2, 0) is 0 Å². The highest BCUT2D eigenvalue weighted by Crippen LogP contribution is 1.44. The molecule has 0 aromatic heterocycles. The zero-order valence-electron chi connectivity index (χ0n) is 4.97. The summed E-state index contributed by atoms with van der Waals surface area (Å²) in [5, 5.41) is 0. The van der Waals surface area contributed by atoms with Gasteiger partial charge in [-0.25, -0.2) is 9.59 Å². The predicted molar refractivity (Wildman–Crippen MR) is 31.7 cm³/mol. The Morgan fingerprint density at radius 3 is 1.40 bits per heavy atom. The SMILES string of the molecule is NC(=O)NNNNC(N)=O. The Morgan fingerprint density at radius 2 is 1.20 bits per heavy atom. The van der Waals surface area contributed by atoms with Crippen molar-refractivity contribution < 1.29 is 9.59 Å². The summed E-state index contributed by atoms with van der Waals surface area (Å²) in [4.78, 5) is 19.8. The van der Waals surface area contributed by atoms with E-state index >= 15 is 0 Å². The van der Waals surface area contributed by atoms with Crippen molar-refractivity contribution in [2.45, 2.75) is 0 Å². The molecule has 0 heterocycles. The first-order chi connectivity index (χ1) is 4.63. The highest BCUT2D eigenvalue weighted by molar-refractivity contribution is 5.71. The van der Waals surface area contributed by atoms with Crippen molar-refractivity contribution in [2.24, 2.45) is 11.5 Å². The van der Waals surface area contributed by atoms with Crippen molar-refractivity contribution in [3.05, 3.63) is 0 Å². The maximum absolute atomic E-state index is 9.91. The Bertz CT molecular complexity index is 118. The Balaban J connectivity index is 3.06. The van der Waals surface area contributed by atoms with Crippen molar-refractivity contribution in [1.82, 2.24) is 21.9 Å². The third-order valence-electron chi connectivity index (χ3n) is 0.434. The molecule has 0 saturated heterocycles.